The van der Waals surface area contributed by atoms with Gasteiger partial charge in [0.1, 0.15) is 0 Å². The lowest BCUT2D eigenvalue weighted by Crippen LogP contribution is -2.37. The Morgan fingerprint density at radius 3 is 2.33 bits per heavy atom. The molecule has 0 heterocycles. The molecule has 5 nitrogen and oxygen atoms in total. The number of hydrogen-bond donors (Lipinski definition) is 1. The van der Waals surface area contributed by atoms with E-state index in [4.69, 9.17) is 0 Å². The van der Waals surface area contributed by atoms with E-state index in [0.29, 0.717) is 24.9 Å². The third kappa shape index (κ3) is 3.83. The van der Waals surface area contributed by atoms with Crippen molar-refractivity contribution in [3.8, 4) is 0 Å². The van der Waals surface area contributed by atoms with Gasteiger partial charge in [0.05, 0.1) is 10.5 Å². The summed E-state index contributed by atoms with van der Waals surface area (Å²) in [4.78, 5) is 11.3. The summed E-state index contributed by atoms with van der Waals surface area (Å²) in [5.74, 6) is -1.10. The Bertz CT molecular complexity index is 608. The maximum absolute atomic E-state index is 12.7. The Balaban J connectivity index is 3.37. The van der Waals surface area contributed by atoms with E-state index in [-0.39, 0.29) is 16.5 Å². The fourth-order valence-electron chi connectivity index (χ4n) is 2.24. The van der Waals surface area contributed by atoms with Crippen LogP contribution in [0.4, 0.5) is 0 Å². The van der Waals surface area contributed by atoms with Gasteiger partial charge in [-0.3, -0.25) is 0 Å². The average Bonchev–Trinajstić information content (AvgIpc) is 2.43. The SMILES string of the molecule is CCCN(C(C)C)S(=O)(=O)c1ccc(CC)c(C(=O)O)c1. The topological polar surface area (TPSA) is 74.7 Å². The van der Waals surface area contributed by atoms with Gasteiger partial charge in [0.25, 0.3) is 0 Å². The van der Waals surface area contributed by atoms with Crippen molar-refractivity contribution in [3.05, 3.63) is 29.3 Å². The van der Waals surface area contributed by atoms with E-state index < -0.39 is 16.0 Å². The van der Waals surface area contributed by atoms with Crippen molar-refractivity contribution in [2.45, 2.75) is 51.5 Å². The highest BCUT2D eigenvalue weighted by Crippen LogP contribution is 2.22. The zero-order valence-electron chi connectivity index (χ0n) is 13.0. The highest BCUT2D eigenvalue weighted by molar-refractivity contribution is 7.89. The van der Waals surface area contributed by atoms with Crippen molar-refractivity contribution in [3.63, 3.8) is 0 Å². The molecule has 0 bridgehead atoms. The molecule has 0 unspecified atom stereocenters. The van der Waals surface area contributed by atoms with Crippen LogP contribution in [0.2, 0.25) is 0 Å². The Kier molecular flexibility index (Phi) is 5.92. The van der Waals surface area contributed by atoms with Gasteiger partial charge in [-0.15, -0.1) is 0 Å². The molecular formula is C15H23NO4S. The predicted octanol–water partition coefficient (Wildman–Crippen LogP) is 2.76. The second kappa shape index (κ2) is 7.04. The maximum atomic E-state index is 12.7. The standard InChI is InChI=1S/C15H23NO4S/c1-5-9-16(11(3)4)21(19,20)13-8-7-12(6-2)14(10-13)15(17)18/h7-8,10-11H,5-6,9H2,1-4H3,(H,17,18). The summed E-state index contributed by atoms with van der Waals surface area (Å²) in [7, 11) is -3.67. The molecule has 0 aliphatic heterocycles. The zero-order chi connectivity index (χ0) is 16.2. The minimum Gasteiger partial charge on any atom is -0.478 e. The number of carboxylic acid groups (broad SMARTS) is 1. The number of benzene rings is 1. The third-order valence-corrected chi connectivity index (χ3v) is 5.39. The smallest absolute Gasteiger partial charge is 0.336 e. The lowest BCUT2D eigenvalue weighted by Gasteiger charge is -2.25. The van der Waals surface area contributed by atoms with E-state index in [0.717, 1.165) is 0 Å². The van der Waals surface area contributed by atoms with E-state index in [2.05, 4.69) is 0 Å². The van der Waals surface area contributed by atoms with Gasteiger partial charge < -0.3 is 5.11 Å². The molecule has 0 spiro atoms. The zero-order valence-corrected chi connectivity index (χ0v) is 13.8. The van der Waals surface area contributed by atoms with Gasteiger partial charge in [-0.25, -0.2) is 13.2 Å². The van der Waals surface area contributed by atoms with Gasteiger partial charge in [0, 0.05) is 12.6 Å². The molecule has 1 aromatic rings. The molecule has 0 radical (unpaired) electrons. The first-order valence-corrected chi connectivity index (χ1v) is 8.57. The Labute approximate surface area is 126 Å². The number of sulfonamides is 1. The van der Waals surface area contributed by atoms with Gasteiger partial charge in [-0.05, 0) is 44.4 Å². The summed E-state index contributed by atoms with van der Waals surface area (Å²) in [5.41, 5.74) is 0.687. The first kappa shape index (κ1) is 17.7. The van der Waals surface area contributed by atoms with Crippen molar-refractivity contribution in [1.29, 1.82) is 0 Å². The summed E-state index contributed by atoms with van der Waals surface area (Å²) in [6.07, 6.45) is 1.25. The van der Waals surface area contributed by atoms with Crippen LogP contribution in [0, 0.1) is 0 Å². The van der Waals surface area contributed by atoms with Crippen LogP contribution in [0.15, 0.2) is 23.1 Å². The highest BCUT2D eigenvalue weighted by atomic mass is 32.2. The lowest BCUT2D eigenvalue weighted by atomic mass is 10.1. The molecule has 0 saturated carbocycles. The van der Waals surface area contributed by atoms with E-state index in [1.807, 2.05) is 27.7 Å². The predicted molar refractivity (Wildman–Crippen MR) is 82.1 cm³/mol. The first-order chi connectivity index (χ1) is 9.75. The molecule has 6 heteroatoms. The largest absolute Gasteiger partial charge is 0.478 e. The van der Waals surface area contributed by atoms with Crippen LogP contribution in [-0.4, -0.2) is 36.4 Å². The number of hydrogen-bond acceptors (Lipinski definition) is 3. The molecule has 1 aromatic carbocycles. The Morgan fingerprint density at radius 2 is 1.90 bits per heavy atom. The normalized spacial score (nSPS) is 12.1. The fraction of sp³-hybridized carbons (Fsp3) is 0.533. The molecule has 118 valence electrons. The van der Waals surface area contributed by atoms with E-state index in [1.54, 1.807) is 6.07 Å². The quantitative estimate of drug-likeness (QED) is 0.840. The highest BCUT2D eigenvalue weighted by Gasteiger charge is 2.27. The number of carbonyl (C=O) groups is 1. The fourth-order valence-corrected chi connectivity index (χ4v) is 3.99. The van der Waals surface area contributed by atoms with Crippen LogP contribution < -0.4 is 0 Å². The molecule has 0 fully saturated rings. The minimum absolute atomic E-state index is 0.0410. The summed E-state index contributed by atoms with van der Waals surface area (Å²) >= 11 is 0. The first-order valence-electron chi connectivity index (χ1n) is 7.13. The lowest BCUT2D eigenvalue weighted by molar-refractivity contribution is 0.0695. The molecule has 0 aliphatic rings. The van der Waals surface area contributed by atoms with Gasteiger partial charge in [-0.2, -0.15) is 4.31 Å². The summed E-state index contributed by atoms with van der Waals surface area (Å²) in [6, 6.07) is 4.17. The van der Waals surface area contributed by atoms with E-state index >= 15 is 0 Å². The molecule has 1 N–H and O–H groups in total. The Morgan fingerprint density at radius 1 is 1.29 bits per heavy atom. The van der Waals surface area contributed by atoms with Crippen molar-refractivity contribution >= 4 is 16.0 Å². The third-order valence-electron chi connectivity index (χ3n) is 3.32. The van der Waals surface area contributed by atoms with E-state index in [9.17, 15) is 18.3 Å². The molecule has 0 aliphatic carbocycles. The number of aromatic carboxylic acids is 1. The monoisotopic (exact) mass is 313 g/mol. The summed E-state index contributed by atoms with van der Waals surface area (Å²) in [6.45, 7) is 7.79. The molecule has 1 rings (SSSR count). The molecule has 0 saturated heterocycles. The maximum Gasteiger partial charge on any atom is 0.336 e. The van der Waals surface area contributed by atoms with Crippen LogP contribution in [0.25, 0.3) is 0 Å². The second-order valence-electron chi connectivity index (χ2n) is 5.19. The molecular weight excluding hydrogens is 290 g/mol. The van der Waals surface area contributed by atoms with Crippen LogP contribution in [-0.2, 0) is 16.4 Å². The van der Waals surface area contributed by atoms with Crippen molar-refractivity contribution in [2.24, 2.45) is 0 Å². The van der Waals surface area contributed by atoms with Crippen LogP contribution in [0.1, 0.15) is 50.0 Å². The number of rotatable bonds is 7. The Hall–Kier alpha value is -1.40. The number of nitrogens with zero attached hydrogens (tertiary/aromatic N) is 1. The van der Waals surface area contributed by atoms with E-state index in [1.165, 1.54) is 16.4 Å². The summed E-state index contributed by atoms with van der Waals surface area (Å²) in [5, 5.41) is 9.23. The molecule has 0 atom stereocenters. The van der Waals surface area contributed by atoms with Crippen LogP contribution in [0.3, 0.4) is 0 Å². The van der Waals surface area contributed by atoms with Crippen LogP contribution >= 0.6 is 0 Å². The molecule has 0 aromatic heterocycles. The van der Waals surface area contributed by atoms with Crippen molar-refractivity contribution < 1.29 is 18.3 Å². The van der Waals surface area contributed by atoms with Gasteiger partial charge >= 0.3 is 5.97 Å². The minimum atomic E-state index is -3.67. The molecule has 0 amide bonds. The van der Waals surface area contributed by atoms with Crippen molar-refractivity contribution in [1.82, 2.24) is 4.31 Å². The summed E-state index contributed by atoms with van der Waals surface area (Å²) < 4.78 is 26.7. The van der Waals surface area contributed by atoms with Gasteiger partial charge in [0.2, 0.25) is 10.0 Å². The number of carboxylic acids is 1. The van der Waals surface area contributed by atoms with Crippen molar-refractivity contribution in [2.75, 3.05) is 6.54 Å². The second-order valence-corrected chi connectivity index (χ2v) is 7.08. The number of aryl methyl sites for hydroxylation is 1. The van der Waals surface area contributed by atoms with Gasteiger partial charge in [0.15, 0.2) is 0 Å². The van der Waals surface area contributed by atoms with Crippen LogP contribution in [0.5, 0.6) is 0 Å². The molecule has 21 heavy (non-hydrogen) atoms. The average molecular weight is 313 g/mol. The van der Waals surface area contributed by atoms with Gasteiger partial charge in [-0.1, -0.05) is 19.9 Å².